The highest BCUT2D eigenvalue weighted by atomic mass is 32.1. The van der Waals surface area contributed by atoms with Crippen LogP contribution in [0.1, 0.15) is 48.5 Å². The minimum absolute atomic E-state index is 0.0383. The molecule has 0 heterocycles. The quantitative estimate of drug-likeness (QED) is 0.422. The van der Waals surface area contributed by atoms with E-state index in [-0.39, 0.29) is 16.9 Å². The molecule has 166 valence electrons. The Morgan fingerprint density at radius 1 is 0.968 bits per heavy atom. The minimum atomic E-state index is -0.291. The Morgan fingerprint density at radius 3 is 2.26 bits per heavy atom. The van der Waals surface area contributed by atoms with Crippen molar-refractivity contribution in [1.29, 1.82) is 0 Å². The standard InChI is InChI=1S/C24H31N3O3S/c1-4-5-6-7-16-30-21-14-10-19(11-15-21)23(29)26-24(31)25-20-12-8-18(9-13-20)17-22(28)27(2)3/h8-15H,4-7,16-17H2,1-3H3,(H2,25,26,29,31). The second kappa shape index (κ2) is 12.7. The van der Waals surface area contributed by atoms with Crippen LogP contribution >= 0.6 is 12.2 Å². The number of hydrogen-bond donors (Lipinski definition) is 2. The summed E-state index contributed by atoms with van der Waals surface area (Å²) in [4.78, 5) is 25.7. The fraction of sp³-hybridized carbons (Fsp3) is 0.375. The molecule has 2 rings (SSSR count). The summed E-state index contributed by atoms with van der Waals surface area (Å²) in [5, 5.41) is 5.86. The summed E-state index contributed by atoms with van der Waals surface area (Å²) < 4.78 is 5.70. The molecule has 2 aromatic rings. The molecule has 0 aliphatic rings. The van der Waals surface area contributed by atoms with Crippen molar-refractivity contribution >= 4 is 34.8 Å². The van der Waals surface area contributed by atoms with Gasteiger partial charge < -0.3 is 15.0 Å². The molecule has 0 saturated heterocycles. The smallest absolute Gasteiger partial charge is 0.257 e. The van der Waals surface area contributed by atoms with Crippen LogP contribution in [0.5, 0.6) is 5.75 Å². The molecule has 0 unspecified atom stereocenters. The summed E-state index contributed by atoms with van der Waals surface area (Å²) in [7, 11) is 3.46. The van der Waals surface area contributed by atoms with E-state index >= 15 is 0 Å². The first-order valence-corrected chi connectivity index (χ1v) is 10.9. The summed E-state index contributed by atoms with van der Waals surface area (Å²) in [5.41, 5.74) is 2.14. The summed E-state index contributed by atoms with van der Waals surface area (Å²) in [6, 6.07) is 14.4. The van der Waals surface area contributed by atoms with E-state index in [1.807, 2.05) is 24.3 Å². The topological polar surface area (TPSA) is 70.7 Å². The van der Waals surface area contributed by atoms with Gasteiger partial charge in [0, 0.05) is 25.3 Å². The van der Waals surface area contributed by atoms with Crippen LogP contribution in [0.25, 0.3) is 0 Å². The third-order valence-electron chi connectivity index (χ3n) is 4.68. The van der Waals surface area contributed by atoms with Crippen molar-refractivity contribution in [2.75, 3.05) is 26.0 Å². The third kappa shape index (κ3) is 8.76. The van der Waals surface area contributed by atoms with Crippen LogP contribution in [0.15, 0.2) is 48.5 Å². The fourth-order valence-corrected chi connectivity index (χ4v) is 3.01. The van der Waals surface area contributed by atoms with Crippen molar-refractivity contribution in [2.45, 2.75) is 39.0 Å². The number of ether oxygens (including phenoxy) is 1. The minimum Gasteiger partial charge on any atom is -0.494 e. The zero-order chi connectivity index (χ0) is 22.6. The number of anilines is 1. The molecular weight excluding hydrogens is 410 g/mol. The van der Waals surface area contributed by atoms with Crippen LogP contribution in [0.2, 0.25) is 0 Å². The van der Waals surface area contributed by atoms with E-state index in [0.29, 0.717) is 18.6 Å². The van der Waals surface area contributed by atoms with Crippen molar-refractivity contribution in [3.8, 4) is 5.75 Å². The highest BCUT2D eigenvalue weighted by molar-refractivity contribution is 7.80. The molecule has 0 aromatic heterocycles. The van der Waals surface area contributed by atoms with Gasteiger partial charge in [0.1, 0.15) is 5.75 Å². The van der Waals surface area contributed by atoms with Crippen molar-refractivity contribution < 1.29 is 14.3 Å². The molecule has 7 heteroatoms. The van der Waals surface area contributed by atoms with Crippen LogP contribution < -0.4 is 15.4 Å². The van der Waals surface area contributed by atoms with E-state index in [1.54, 1.807) is 43.3 Å². The van der Waals surface area contributed by atoms with E-state index in [2.05, 4.69) is 17.6 Å². The number of carbonyl (C=O) groups is 2. The van der Waals surface area contributed by atoms with Gasteiger partial charge in [-0.2, -0.15) is 0 Å². The maximum Gasteiger partial charge on any atom is 0.257 e. The predicted octanol–water partition coefficient (Wildman–Crippen LogP) is 4.40. The average Bonchev–Trinajstić information content (AvgIpc) is 2.75. The lowest BCUT2D eigenvalue weighted by atomic mass is 10.1. The first-order chi connectivity index (χ1) is 14.9. The number of thiocarbonyl (C=S) groups is 1. The van der Waals surface area contributed by atoms with Gasteiger partial charge in [-0.1, -0.05) is 38.3 Å². The summed E-state index contributed by atoms with van der Waals surface area (Å²) in [6.07, 6.45) is 4.95. The van der Waals surface area contributed by atoms with Crippen LogP contribution in [-0.2, 0) is 11.2 Å². The molecule has 0 radical (unpaired) electrons. The normalized spacial score (nSPS) is 10.3. The van der Waals surface area contributed by atoms with Gasteiger partial charge in [0.05, 0.1) is 13.0 Å². The van der Waals surface area contributed by atoms with E-state index < -0.39 is 0 Å². The van der Waals surface area contributed by atoms with Gasteiger partial charge in [0.2, 0.25) is 5.91 Å². The SMILES string of the molecule is CCCCCCOc1ccc(C(=O)NC(=S)Nc2ccc(CC(=O)N(C)C)cc2)cc1. The van der Waals surface area contributed by atoms with Gasteiger partial charge in [0.15, 0.2) is 5.11 Å². The van der Waals surface area contributed by atoms with Crippen molar-refractivity contribution in [3.05, 3.63) is 59.7 Å². The molecular formula is C24H31N3O3S. The molecule has 2 N–H and O–H groups in total. The molecule has 0 aliphatic heterocycles. The summed E-state index contributed by atoms with van der Waals surface area (Å²) in [5.74, 6) is 0.498. The Bertz CT molecular complexity index is 865. The van der Waals surface area contributed by atoms with Gasteiger partial charge in [-0.3, -0.25) is 14.9 Å². The first kappa shape index (κ1) is 24.3. The third-order valence-corrected chi connectivity index (χ3v) is 4.88. The number of nitrogens with one attached hydrogen (secondary N) is 2. The lowest BCUT2D eigenvalue weighted by molar-refractivity contribution is -0.127. The highest BCUT2D eigenvalue weighted by Gasteiger charge is 2.09. The van der Waals surface area contributed by atoms with E-state index in [9.17, 15) is 9.59 Å². The van der Waals surface area contributed by atoms with E-state index in [0.717, 1.165) is 23.4 Å². The van der Waals surface area contributed by atoms with Gasteiger partial charge in [-0.15, -0.1) is 0 Å². The monoisotopic (exact) mass is 441 g/mol. The number of unbranched alkanes of at least 4 members (excludes halogenated alkanes) is 3. The highest BCUT2D eigenvalue weighted by Crippen LogP contribution is 2.14. The molecule has 0 spiro atoms. The molecule has 0 atom stereocenters. The molecule has 0 bridgehead atoms. The molecule has 2 aromatic carbocycles. The molecule has 0 saturated carbocycles. The Morgan fingerprint density at radius 2 is 1.65 bits per heavy atom. The maximum atomic E-state index is 12.4. The largest absolute Gasteiger partial charge is 0.494 e. The Balaban J connectivity index is 1.80. The van der Waals surface area contributed by atoms with Crippen LogP contribution in [0, 0.1) is 0 Å². The Hall–Kier alpha value is -2.93. The Labute approximate surface area is 190 Å². The predicted molar refractivity (Wildman–Crippen MR) is 129 cm³/mol. The van der Waals surface area contributed by atoms with Gasteiger partial charge in [-0.25, -0.2) is 0 Å². The second-order valence-electron chi connectivity index (χ2n) is 7.50. The van der Waals surface area contributed by atoms with Crippen LogP contribution in [0.3, 0.4) is 0 Å². The van der Waals surface area contributed by atoms with Crippen molar-refractivity contribution in [3.63, 3.8) is 0 Å². The number of nitrogens with zero attached hydrogens (tertiary/aromatic N) is 1. The zero-order valence-electron chi connectivity index (χ0n) is 18.4. The molecule has 31 heavy (non-hydrogen) atoms. The van der Waals surface area contributed by atoms with Crippen molar-refractivity contribution in [1.82, 2.24) is 10.2 Å². The number of carbonyl (C=O) groups excluding carboxylic acids is 2. The lowest BCUT2D eigenvalue weighted by Gasteiger charge is -2.12. The number of rotatable bonds is 10. The molecule has 0 aliphatic carbocycles. The molecule has 6 nitrogen and oxygen atoms in total. The average molecular weight is 442 g/mol. The lowest BCUT2D eigenvalue weighted by Crippen LogP contribution is -2.34. The summed E-state index contributed by atoms with van der Waals surface area (Å²) in [6.45, 7) is 2.86. The summed E-state index contributed by atoms with van der Waals surface area (Å²) >= 11 is 5.24. The number of likely N-dealkylation sites (N-methyl/N-ethyl adjacent to an activating group) is 1. The fourth-order valence-electron chi connectivity index (χ4n) is 2.80. The molecule has 2 amide bonds. The first-order valence-electron chi connectivity index (χ1n) is 10.5. The second-order valence-corrected chi connectivity index (χ2v) is 7.91. The van der Waals surface area contributed by atoms with Gasteiger partial charge >= 0.3 is 0 Å². The number of amides is 2. The van der Waals surface area contributed by atoms with Crippen LogP contribution in [-0.4, -0.2) is 42.5 Å². The van der Waals surface area contributed by atoms with Gasteiger partial charge in [0.25, 0.3) is 5.91 Å². The van der Waals surface area contributed by atoms with Crippen LogP contribution in [0.4, 0.5) is 5.69 Å². The van der Waals surface area contributed by atoms with Crippen molar-refractivity contribution in [2.24, 2.45) is 0 Å². The number of benzene rings is 2. The maximum absolute atomic E-state index is 12.4. The van der Waals surface area contributed by atoms with Gasteiger partial charge in [-0.05, 0) is 60.6 Å². The van der Waals surface area contributed by atoms with E-state index in [4.69, 9.17) is 17.0 Å². The zero-order valence-corrected chi connectivity index (χ0v) is 19.3. The Kier molecular flexibility index (Phi) is 9.97. The number of hydrogen-bond acceptors (Lipinski definition) is 4. The van der Waals surface area contributed by atoms with E-state index in [1.165, 1.54) is 19.3 Å². The molecule has 0 fully saturated rings.